The van der Waals surface area contributed by atoms with Crippen molar-refractivity contribution in [3.63, 3.8) is 0 Å². The van der Waals surface area contributed by atoms with Gasteiger partial charge < -0.3 is 5.32 Å². The molecule has 1 N–H and O–H groups in total. The first-order chi connectivity index (χ1) is 8.71. The fraction of sp³-hybridized carbons (Fsp3) is 0.750. The lowest BCUT2D eigenvalue weighted by atomic mass is 9.53. The van der Waals surface area contributed by atoms with E-state index in [9.17, 15) is 0 Å². The maximum absolute atomic E-state index is 3.97. The predicted molar refractivity (Wildman–Crippen MR) is 76.8 cm³/mol. The lowest BCUT2D eigenvalue weighted by Gasteiger charge is -2.57. The highest BCUT2D eigenvalue weighted by Crippen LogP contribution is 2.55. The van der Waals surface area contributed by atoms with Crippen molar-refractivity contribution in [2.24, 2.45) is 17.8 Å². The molecule has 4 aliphatic rings. The Labute approximate surface area is 114 Å². The Bertz CT molecular complexity index is 412. The third-order valence-corrected chi connectivity index (χ3v) is 6.47. The van der Waals surface area contributed by atoms with Gasteiger partial charge in [0.1, 0.15) is 0 Å². The first-order valence-electron chi connectivity index (χ1n) is 7.51. The molecule has 4 saturated carbocycles. The zero-order valence-electron chi connectivity index (χ0n) is 11.2. The van der Waals surface area contributed by atoms with Crippen molar-refractivity contribution in [2.75, 3.05) is 0 Å². The summed E-state index contributed by atoms with van der Waals surface area (Å²) in [6.07, 6.45) is 9.01. The van der Waals surface area contributed by atoms with E-state index in [4.69, 9.17) is 0 Å². The van der Waals surface area contributed by atoms with Gasteiger partial charge in [-0.3, -0.25) is 0 Å². The summed E-state index contributed by atoms with van der Waals surface area (Å²) < 4.78 is 0. The normalized spacial score (nSPS) is 41.5. The Morgan fingerprint density at radius 1 is 1.11 bits per heavy atom. The maximum Gasteiger partial charge on any atom is 0.0304 e. The molecule has 0 atom stereocenters. The number of rotatable bonds is 3. The molecule has 0 aromatic carbocycles. The van der Waals surface area contributed by atoms with Gasteiger partial charge in [0.15, 0.2) is 0 Å². The summed E-state index contributed by atoms with van der Waals surface area (Å²) in [5.41, 5.74) is 0.520. The first-order valence-corrected chi connectivity index (χ1v) is 8.33. The molecule has 0 saturated heterocycles. The Balaban J connectivity index is 1.47. The highest BCUT2D eigenvalue weighted by Gasteiger charge is 2.50. The molecule has 0 unspecified atom stereocenters. The number of aryl methyl sites for hydroxylation is 1. The molecule has 18 heavy (non-hydrogen) atoms. The van der Waals surface area contributed by atoms with E-state index in [0.717, 1.165) is 24.3 Å². The summed E-state index contributed by atoms with van der Waals surface area (Å²) in [7, 11) is 0. The molecule has 1 aromatic rings. The quantitative estimate of drug-likeness (QED) is 0.863. The standard InChI is InChI=1S/C16H23NS/c1-11-2-3-15(18-11)10-17-16-7-12-4-13(8-16)6-14(5-12)9-16/h2-3,12-14,17H,4-10H2,1H3. The number of hydrogen-bond acceptors (Lipinski definition) is 2. The van der Waals surface area contributed by atoms with Gasteiger partial charge in [-0.05, 0) is 75.3 Å². The van der Waals surface area contributed by atoms with Crippen LogP contribution in [0.4, 0.5) is 0 Å². The summed E-state index contributed by atoms with van der Waals surface area (Å²) in [5, 5.41) is 3.97. The minimum atomic E-state index is 0.520. The van der Waals surface area contributed by atoms with Gasteiger partial charge in [-0.15, -0.1) is 11.3 Å². The van der Waals surface area contributed by atoms with Gasteiger partial charge in [0.25, 0.3) is 0 Å². The maximum atomic E-state index is 3.97. The van der Waals surface area contributed by atoms with Crippen LogP contribution in [0.15, 0.2) is 12.1 Å². The molecule has 0 amide bonds. The van der Waals surface area contributed by atoms with Crippen LogP contribution in [0.5, 0.6) is 0 Å². The Hall–Kier alpha value is -0.340. The van der Waals surface area contributed by atoms with Crippen LogP contribution in [0.25, 0.3) is 0 Å². The SMILES string of the molecule is Cc1ccc(CNC23CC4CC(CC(C4)C2)C3)s1. The second-order valence-corrected chi connectivity index (χ2v) is 8.44. The van der Waals surface area contributed by atoms with Crippen molar-refractivity contribution in [1.29, 1.82) is 0 Å². The van der Waals surface area contributed by atoms with Gasteiger partial charge in [-0.2, -0.15) is 0 Å². The van der Waals surface area contributed by atoms with Crippen molar-refractivity contribution >= 4 is 11.3 Å². The van der Waals surface area contributed by atoms with Gasteiger partial charge in [0.05, 0.1) is 0 Å². The summed E-state index contributed by atoms with van der Waals surface area (Å²) in [6.45, 7) is 3.31. The van der Waals surface area contributed by atoms with E-state index in [1.165, 1.54) is 48.3 Å². The Morgan fingerprint density at radius 3 is 2.22 bits per heavy atom. The zero-order valence-corrected chi connectivity index (χ0v) is 12.1. The Morgan fingerprint density at radius 2 is 1.72 bits per heavy atom. The van der Waals surface area contributed by atoms with Crippen LogP contribution in [0.1, 0.15) is 48.3 Å². The second kappa shape index (κ2) is 4.08. The molecule has 0 spiro atoms. The topological polar surface area (TPSA) is 12.0 Å². The molecule has 4 bridgehead atoms. The second-order valence-electron chi connectivity index (χ2n) is 7.06. The van der Waals surface area contributed by atoms with Crippen LogP contribution >= 0.6 is 11.3 Å². The van der Waals surface area contributed by atoms with E-state index in [1.807, 2.05) is 11.3 Å². The molecule has 5 rings (SSSR count). The van der Waals surface area contributed by atoms with E-state index in [-0.39, 0.29) is 0 Å². The fourth-order valence-corrected chi connectivity index (χ4v) is 6.01. The molecule has 1 heterocycles. The molecule has 0 radical (unpaired) electrons. The molecule has 1 nitrogen and oxygen atoms in total. The van der Waals surface area contributed by atoms with Crippen molar-refractivity contribution in [3.05, 3.63) is 21.9 Å². The number of hydrogen-bond donors (Lipinski definition) is 1. The number of nitrogens with one attached hydrogen (secondary N) is 1. The highest BCUT2D eigenvalue weighted by molar-refractivity contribution is 7.11. The molecule has 0 aliphatic heterocycles. The molecule has 4 aliphatic carbocycles. The average molecular weight is 261 g/mol. The van der Waals surface area contributed by atoms with Crippen LogP contribution in [0, 0.1) is 24.7 Å². The zero-order chi connectivity index (χ0) is 12.2. The first kappa shape index (κ1) is 11.5. The fourth-order valence-electron chi connectivity index (χ4n) is 5.18. The molecule has 1 aromatic heterocycles. The van der Waals surface area contributed by atoms with E-state index in [0.29, 0.717) is 5.54 Å². The summed E-state index contributed by atoms with van der Waals surface area (Å²) in [6, 6.07) is 4.55. The molecular weight excluding hydrogens is 238 g/mol. The van der Waals surface area contributed by atoms with Crippen molar-refractivity contribution in [1.82, 2.24) is 5.32 Å². The van der Waals surface area contributed by atoms with Crippen molar-refractivity contribution in [2.45, 2.75) is 57.5 Å². The van der Waals surface area contributed by atoms with E-state index in [2.05, 4.69) is 24.4 Å². The van der Waals surface area contributed by atoms with E-state index < -0.39 is 0 Å². The summed E-state index contributed by atoms with van der Waals surface area (Å²) in [5.74, 6) is 3.15. The highest BCUT2D eigenvalue weighted by atomic mass is 32.1. The van der Waals surface area contributed by atoms with E-state index in [1.54, 1.807) is 0 Å². The third kappa shape index (κ3) is 1.94. The minimum Gasteiger partial charge on any atom is -0.306 e. The lowest BCUT2D eigenvalue weighted by Crippen LogP contribution is -2.58. The van der Waals surface area contributed by atoms with Crippen molar-refractivity contribution < 1.29 is 0 Å². The summed E-state index contributed by atoms with van der Waals surface area (Å²) in [4.78, 5) is 2.96. The van der Waals surface area contributed by atoms with Gasteiger partial charge in [-0.1, -0.05) is 0 Å². The van der Waals surface area contributed by atoms with Gasteiger partial charge in [-0.25, -0.2) is 0 Å². The monoisotopic (exact) mass is 261 g/mol. The summed E-state index contributed by atoms with van der Waals surface area (Å²) >= 11 is 1.95. The molecule has 2 heteroatoms. The van der Waals surface area contributed by atoms with Crippen LogP contribution in [0.2, 0.25) is 0 Å². The predicted octanol–water partition coefficient (Wildman–Crippen LogP) is 4.11. The smallest absolute Gasteiger partial charge is 0.0304 e. The minimum absolute atomic E-state index is 0.520. The Kier molecular flexibility index (Phi) is 2.60. The van der Waals surface area contributed by atoms with Crippen molar-refractivity contribution in [3.8, 4) is 0 Å². The van der Waals surface area contributed by atoms with Gasteiger partial charge in [0.2, 0.25) is 0 Å². The van der Waals surface area contributed by atoms with Crippen LogP contribution < -0.4 is 5.32 Å². The molecular formula is C16H23NS. The number of thiophene rings is 1. The van der Waals surface area contributed by atoms with Gasteiger partial charge >= 0.3 is 0 Å². The largest absolute Gasteiger partial charge is 0.306 e. The average Bonchev–Trinajstić information content (AvgIpc) is 2.71. The van der Waals surface area contributed by atoms with Crippen LogP contribution in [-0.2, 0) is 6.54 Å². The third-order valence-electron chi connectivity index (χ3n) is 5.47. The van der Waals surface area contributed by atoms with E-state index >= 15 is 0 Å². The van der Waals surface area contributed by atoms with Crippen LogP contribution in [0.3, 0.4) is 0 Å². The molecule has 98 valence electrons. The van der Waals surface area contributed by atoms with Crippen LogP contribution in [-0.4, -0.2) is 5.54 Å². The lowest BCUT2D eigenvalue weighted by molar-refractivity contribution is -0.0204. The molecule has 4 fully saturated rings. The van der Waals surface area contributed by atoms with Gasteiger partial charge in [0, 0.05) is 21.8 Å².